The van der Waals surface area contributed by atoms with Crippen LogP contribution in [0.25, 0.3) is 0 Å². The van der Waals surface area contributed by atoms with Crippen LogP contribution in [0, 0.1) is 12.8 Å². The highest BCUT2D eigenvalue weighted by Crippen LogP contribution is 2.30. The van der Waals surface area contributed by atoms with Crippen molar-refractivity contribution in [2.24, 2.45) is 5.92 Å². The van der Waals surface area contributed by atoms with Crippen molar-refractivity contribution in [3.63, 3.8) is 0 Å². The van der Waals surface area contributed by atoms with Crippen LogP contribution in [-0.2, 0) is 13.1 Å². The van der Waals surface area contributed by atoms with Gasteiger partial charge in [-0.1, -0.05) is 6.92 Å². The van der Waals surface area contributed by atoms with Gasteiger partial charge in [0.2, 0.25) is 0 Å². The summed E-state index contributed by atoms with van der Waals surface area (Å²) in [5, 5.41) is 3.57. The van der Waals surface area contributed by atoms with E-state index in [1.165, 1.54) is 50.8 Å². The Kier molecular flexibility index (Phi) is 4.47. The van der Waals surface area contributed by atoms with Crippen LogP contribution >= 0.6 is 0 Å². The van der Waals surface area contributed by atoms with Crippen molar-refractivity contribution >= 4 is 0 Å². The van der Waals surface area contributed by atoms with Crippen LogP contribution in [-0.4, -0.2) is 24.0 Å². The van der Waals surface area contributed by atoms with Crippen molar-refractivity contribution in [1.29, 1.82) is 0 Å². The predicted molar refractivity (Wildman–Crippen MR) is 81.6 cm³/mol. The minimum Gasteiger partial charge on any atom is -0.465 e. The van der Waals surface area contributed by atoms with Crippen molar-refractivity contribution in [2.45, 2.75) is 65.1 Å². The van der Waals surface area contributed by atoms with E-state index in [0.29, 0.717) is 0 Å². The highest BCUT2D eigenvalue weighted by molar-refractivity contribution is 5.21. The number of nitrogens with one attached hydrogen (secondary N) is 1. The van der Waals surface area contributed by atoms with Gasteiger partial charge in [-0.2, -0.15) is 0 Å². The SMILES string of the molecule is CCCN(Cc1cc(CNC2CC2)c(C)o1)CC1CC1. The van der Waals surface area contributed by atoms with E-state index < -0.39 is 0 Å². The lowest BCUT2D eigenvalue weighted by Crippen LogP contribution is -2.26. The van der Waals surface area contributed by atoms with Crippen LogP contribution < -0.4 is 5.32 Å². The largest absolute Gasteiger partial charge is 0.465 e. The van der Waals surface area contributed by atoms with Crippen LogP contribution in [0.1, 0.15) is 56.1 Å². The van der Waals surface area contributed by atoms with E-state index >= 15 is 0 Å². The Morgan fingerprint density at radius 2 is 2.10 bits per heavy atom. The fourth-order valence-electron chi connectivity index (χ4n) is 2.82. The maximum atomic E-state index is 5.96. The Labute approximate surface area is 122 Å². The highest BCUT2D eigenvalue weighted by Gasteiger charge is 2.25. The molecule has 20 heavy (non-hydrogen) atoms. The highest BCUT2D eigenvalue weighted by atomic mass is 16.3. The molecule has 1 aromatic rings. The van der Waals surface area contributed by atoms with Crippen molar-refractivity contribution in [3.8, 4) is 0 Å². The molecule has 0 aliphatic heterocycles. The quantitative estimate of drug-likeness (QED) is 0.748. The van der Waals surface area contributed by atoms with Gasteiger partial charge < -0.3 is 9.73 Å². The summed E-state index contributed by atoms with van der Waals surface area (Å²) in [5.41, 5.74) is 1.34. The molecule has 3 heteroatoms. The van der Waals surface area contributed by atoms with E-state index in [9.17, 15) is 0 Å². The second-order valence-electron chi connectivity index (χ2n) is 6.63. The van der Waals surface area contributed by atoms with E-state index in [1.807, 2.05) is 0 Å². The monoisotopic (exact) mass is 276 g/mol. The molecule has 0 radical (unpaired) electrons. The maximum absolute atomic E-state index is 5.96. The van der Waals surface area contributed by atoms with Gasteiger partial charge in [-0.15, -0.1) is 0 Å². The third-order valence-electron chi connectivity index (χ3n) is 4.36. The summed E-state index contributed by atoms with van der Waals surface area (Å²) >= 11 is 0. The van der Waals surface area contributed by atoms with Gasteiger partial charge in [0.1, 0.15) is 11.5 Å². The van der Waals surface area contributed by atoms with Gasteiger partial charge in [0.05, 0.1) is 6.54 Å². The average Bonchev–Trinajstić information content (AvgIpc) is 3.30. The molecular weight excluding hydrogens is 248 g/mol. The van der Waals surface area contributed by atoms with E-state index in [4.69, 9.17) is 4.42 Å². The lowest BCUT2D eigenvalue weighted by atomic mass is 10.2. The third kappa shape index (κ3) is 4.10. The van der Waals surface area contributed by atoms with Crippen LogP contribution in [0.2, 0.25) is 0 Å². The molecule has 0 aromatic carbocycles. The van der Waals surface area contributed by atoms with Gasteiger partial charge in [0.15, 0.2) is 0 Å². The van der Waals surface area contributed by atoms with Gasteiger partial charge in [-0.3, -0.25) is 4.90 Å². The van der Waals surface area contributed by atoms with E-state index in [1.54, 1.807) is 0 Å². The summed E-state index contributed by atoms with van der Waals surface area (Å²) in [6.07, 6.45) is 6.76. The van der Waals surface area contributed by atoms with E-state index in [2.05, 4.69) is 30.1 Å². The zero-order valence-corrected chi connectivity index (χ0v) is 13.0. The Morgan fingerprint density at radius 1 is 1.30 bits per heavy atom. The molecule has 1 heterocycles. The third-order valence-corrected chi connectivity index (χ3v) is 4.36. The molecule has 0 unspecified atom stereocenters. The summed E-state index contributed by atoms with van der Waals surface area (Å²) in [6, 6.07) is 3.03. The Bertz CT molecular complexity index is 432. The predicted octanol–water partition coefficient (Wildman–Crippen LogP) is 3.46. The van der Waals surface area contributed by atoms with Crippen LogP contribution in [0.15, 0.2) is 10.5 Å². The molecule has 1 aromatic heterocycles. The first kappa shape index (κ1) is 14.2. The fraction of sp³-hybridized carbons (Fsp3) is 0.765. The lowest BCUT2D eigenvalue weighted by Gasteiger charge is -2.20. The molecule has 0 bridgehead atoms. The number of hydrogen-bond donors (Lipinski definition) is 1. The van der Waals surface area contributed by atoms with Gasteiger partial charge in [-0.25, -0.2) is 0 Å². The fourth-order valence-corrected chi connectivity index (χ4v) is 2.82. The van der Waals surface area contributed by atoms with E-state index in [-0.39, 0.29) is 0 Å². The van der Waals surface area contributed by atoms with Crippen LogP contribution in [0.4, 0.5) is 0 Å². The number of rotatable bonds is 9. The molecule has 2 aliphatic rings. The van der Waals surface area contributed by atoms with E-state index in [0.717, 1.165) is 36.6 Å². The summed E-state index contributed by atoms with van der Waals surface area (Å²) in [4.78, 5) is 2.56. The van der Waals surface area contributed by atoms with Gasteiger partial charge in [0, 0.05) is 24.7 Å². The number of hydrogen-bond acceptors (Lipinski definition) is 3. The molecule has 0 spiro atoms. The van der Waals surface area contributed by atoms with Crippen molar-refractivity contribution < 1.29 is 4.42 Å². The first-order valence-electron chi connectivity index (χ1n) is 8.28. The van der Waals surface area contributed by atoms with Crippen molar-refractivity contribution in [3.05, 3.63) is 23.2 Å². The minimum absolute atomic E-state index is 0.763. The lowest BCUT2D eigenvalue weighted by molar-refractivity contribution is 0.233. The molecule has 1 N–H and O–H groups in total. The normalized spacial score (nSPS) is 18.9. The molecule has 2 saturated carbocycles. The van der Waals surface area contributed by atoms with Gasteiger partial charge in [-0.05, 0) is 57.6 Å². The van der Waals surface area contributed by atoms with Crippen LogP contribution in [0.3, 0.4) is 0 Å². The summed E-state index contributed by atoms with van der Waals surface area (Å²) < 4.78 is 5.96. The van der Waals surface area contributed by atoms with Gasteiger partial charge >= 0.3 is 0 Å². The molecular formula is C17H28N2O. The standard InChI is InChI=1S/C17H28N2O/c1-3-8-19(11-14-4-5-14)12-17-9-15(13(2)20-17)10-18-16-6-7-16/h9,14,16,18H,3-8,10-12H2,1-2H3. The van der Waals surface area contributed by atoms with Crippen LogP contribution in [0.5, 0.6) is 0 Å². The zero-order valence-electron chi connectivity index (χ0n) is 13.0. The Hall–Kier alpha value is -0.800. The second kappa shape index (κ2) is 6.31. The Balaban J connectivity index is 1.55. The Morgan fingerprint density at radius 3 is 2.75 bits per heavy atom. The minimum atomic E-state index is 0.763. The zero-order chi connectivity index (χ0) is 13.9. The molecule has 3 nitrogen and oxygen atoms in total. The molecule has 3 rings (SSSR count). The maximum Gasteiger partial charge on any atom is 0.118 e. The number of nitrogens with zero attached hydrogens (tertiary/aromatic N) is 1. The molecule has 2 aliphatic carbocycles. The first-order valence-corrected chi connectivity index (χ1v) is 8.28. The molecule has 0 saturated heterocycles. The van der Waals surface area contributed by atoms with Crippen molar-refractivity contribution in [1.82, 2.24) is 10.2 Å². The number of furan rings is 1. The average molecular weight is 276 g/mol. The smallest absolute Gasteiger partial charge is 0.118 e. The molecule has 0 amide bonds. The molecule has 0 atom stereocenters. The number of aryl methyl sites for hydroxylation is 1. The topological polar surface area (TPSA) is 28.4 Å². The second-order valence-corrected chi connectivity index (χ2v) is 6.63. The molecule has 112 valence electrons. The summed E-state index contributed by atoms with van der Waals surface area (Å²) in [5.74, 6) is 3.19. The first-order chi connectivity index (χ1) is 9.74. The van der Waals surface area contributed by atoms with Crippen molar-refractivity contribution in [2.75, 3.05) is 13.1 Å². The summed E-state index contributed by atoms with van der Waals surface area (Å²) in [7, 11) is 0. The van der Waals surface area contributed by atoms with Gasteiger partial charge in [0.25, 0.3) is 0 Å². The molecule has 2 fully saturated rings. The summed E-state index contributed by atoms with van der Waals surface area (Å²) in [6.45, 7) is 8.75.